The van der Waals surface area contributed by atoms with Gasteiger partial charge in [-0.2, -0.15) is 4.98 Å². The van der Waals surface area contributed by atoms with Crippen LogP contribution in [0.15, 0.2) is 36.4 Å². The minimum atomic E-state index is -2.80. The molecule has 0 aliphatic heterocycles. The van der Waals surface area contributed by atoms with Crippen molar-refractivity contribution in [2.45, 2.75) is 27.2 Å². The summed E-state index contributed by atoms with van der Waals surface area (Å²) in [5, 5.41) is 7.82. The van der Waals surface area contributed by atoms with Crippen LogP contribution < -0.4 is 10.4 Å². The molecule has 0 aliphatic carbocycles. The van der Waals surface area contributed by atoms with Gasteiger partial charge in [0.25, 0.3) is 12.2 Å². The molecular weight excluding hydrogens is 397 g/mol. The highest BCUT2D eigenvalue weighted by Crippen LogP contribution is 2.33. The first-order chi connectivity index (χ1) is 14.3. The minimum absolute atomic E-state index is 0.0126. The molecule has 0 bridgehead atoms. The largest absolute Gasteiger partial charge is 0.320 e. The van der Waals surface area contributed by atoms with Crippen LogP contribution >= 0.6 is 0 Å². The smallest absolute Gasteiger partial charge is 0.257 e. The number of fused-ring (bicyclic) bond motifs is 3. The van der Waals surface area contributed by atoms with Crippen molar-refractivity contribution in [1.29, 1.82) is 0 Å². The Morgan fingerprint density at radius 2 is 1.83 bits per heavy atom. The zero-order chi connectivity index (χ0) is 22.0. The van der Waals surface area contributed by atoms with E-state index in [9.17, 15) is 17.6 Å². The molecule has 0 atom stereocenters. The molecule has 0 spiro atoms. The molecule has 30 heavy (non-hydrogen) atoms. The summed E-state index contributed by atoms with van der Waals surface area (Å²) in [6.07, 6.45) is -2.80. The Morgan fingerprint density at radius 3 is 2.50 bits per heavy atom. The maximum Gasteiger partial charge on any atom is 0.257 e. The van der Waals surface area contributed by atoms with Gasteiger partial charge < -0.3 is 4.90 Å². The van der Waals surface area contributed by atoms with Crippen LogP contribution in [0.3, 0.4) is 0 Å². The second-order valence-electron chi connectivity index (χ2n) is 6.20. The number of hydrogen-bond acceptors (Lipinski definition) is 4. The van der Waals surface area contributed by atoms with E-state index >= 15 is 0 Å². The molecule has 4 aromatic rings. The molecule has 5 nitrogen and oxygen atoms in total. The fourth-order valence-electron chi connectivity index (χ4n) is 3.18. The molecule has 154 valence electrons. The van der Waals surface area contributed by atoms with E-state index in [1.807, 2.05) is 13.8 Å². The fraction of sp³-hybridized carbons (Fsp3) is 0.250. The van der Waals surface area contributed by atoms with Crippen molar-refractivity contribution in [2.24, 2.45) is 0 Å². The van der Waals surface area contributed by atoms with Crippen molar-refractivity contribution in [3.05, 3.63) is 53.9 Å². The first-order valence-electron chi connectivity index (χ1n) is 9.27. The molecule has 0 saturated carbocycles. The maximum atomic E-state index is 14.8. The molecule has 0 unspecified atom stereocenters. The summed E-state index contributed by atoms with van der Waals surface area (Å²) in [4.78, 5) is 5.28. The molecule has 0 aliphatic rings. The number of benzene rings is 2. The Bertz CT molecular complexity index is 1170. The van der Waals surface area contributed by atoms with Gasteiger partial charge in [-0.05, 0) is 37.3 Å². The minimum Gasteiger partial charge on any atom is -0.320 e. The van der Waals surface area contributed by atoms with Crippen LogP contribution in [0, 0.1) is 18.6 Å². The first-order valence-corrected chi connectivity index (χ1v) is 9.27. The molecule has 0 amide bonds. The third-order valence-electron chi connectivity index (χ3n) is 4.26. The molecule has 2 heterocycles. The topological polar surface area (TPSA) is 46.3 Å². The van der Waals surface area contributed by atoms with E-state index in [-0.39, 0.29) is 28.1 Å². The lowest BCUT2D eigenvalue weighted by atomic mass is 9.95. The Balaban J connectivity index is 0.00000124. The van der Waals surface area contributed by atoms with E-state index < -0.39 is 24.6 Å². The Labute approximate surface area is 171 Å². The molecule has 4 rings (SSSR count). The molecule has 2 aromatic carbocycles. The van der Waals surface area contributed by atoms with Gasteiger partial charge in [0, 0.05) is 5.69 Å². The lowest BCUT2D eigenvalue weighted by molar-refractivity contribution is 0.158. The summed E-state index contributed by atoms with van der Waals surface area (Å²) in [5.41, 5.74) is 0.417. The predicted molar refractivity (Wildman–Crippen MR) is 109 cm³/mol. The van der Waals surface area contributed by atoms with Crippen LogP contribution in [-0.4, -0.2) is 40.4 Å². The SMILES string of the molecule is CC.[B]c1cc(F)cc(N(CC(F)F)c2nc3nnc(C)n3c3cccc(F)c23)c1. The van der Waals surface area contributed by atoms with Crippen LogP contribution in [-0.2, 0) is 0 Å². The molecule has 2 aromatic heterocycles. The number of aryl methyl sites for hydroxylation is 1. The van der Waals surface area contributed by atoms with Gasteiger partial charge in [0.2, 0.25) is 0 Å². The zero-order valence-electron chi connectivity index (χ0n) is 16.6. The normalized spacial score (nSPS) is 11.1. The number of halogens is 4. The van der Waals surface area contributed by atoms with Crippen LogP contribution in [0.2, 0.25) is 0 Å². The molecule has 0 saturated heterocycles. The number of aromatic nitrogens is 4. The summed E-state index contributed by atoms with van der Waals surface area (Å²) in [6, 6.07) is 7.69. The van der Waals surface area contributed by atoms with Gasteiger partial charge in [-0.3, -0.25) is 4.40 Å². The Hall–Kier alpha value is -3.17. The van der Waals surface area contributed by atoms with Gasteiger partial charge in [0.1, 0.15) is 31.1 Å². The first kappa shape index (κ1) is 21.5. The highest BCUT2D eigenvalue weighted by Gasteiger charge is 2.24. The van der Waals surface area contributed by atoms with E-state index in [2.05, 4.69) is 15.2 Å². The molecular formula is C20H18BF4N5. The average Bonchev–Trinajstić information content (AvgIpc) is 3.07. The van der Waals surface area contributed by atoms with Crippen LogP contribution in [0.25, 0.3) is 16.7 Å². The van der Waals surface area contributed by atoms with E-state index in [4.69, 9.17) is 7.85 Å². The van der Waals surface area contributed by atoms with Gasteiger partial charge in [0.05, 0.1) is 17.4 Å². The lowest BCUT2D eigenvalue weighted by Gasteiger charge is -2.25. The number of anilines is 2. The number of hydrogen-bond donors (Lipinski definition) is 0. The van der Waals surface area contributed by atoms with Crippen molar-refractivity contribution in [3.63, 3.8) is 0 Å². The van der Waals surface area contributed by atoms with Gasteiger partial charge >= 0.3 is 0 Å². The zero-order valence-corrected chi connectivity index (χ0v) is 16.6. The van der Waals surface area contributed by atoms with Crippen molar-refractivity contribution in [1.82, 2.24) is 19.6 Å². The van der Waals surface area contributed by atoms with E-state index in [1.165, 1.54) is 22.6 Å². The molecule has 0 fully saturated rings. The van der Waals surface area contributed by atoms with E-state index in [0.717, 1.165) is 17.0 Å². The van der Waals surface area contributed by atoms with Crippen LogP contribution in [0.1, 0.15) is 19.7 Å². The number of nitrogens with zero attached hydrogens (tertiary/aromatic N) is 5. The van der Waals surface area contributed by atoms with Gasteiger partial charge in [0.15, 0.2) is 0 Å². The fourth-order valence-corrected chi connectivity index (χ4v) is 3.18. The van der Waals surface area contributed by atoms with Crippen molar-refractivity contribution in [2.75, 3.05) is 11.4 Å². The summed E-state index contributed by atoms with van der Waals surface area (Å²) in [5.74, 6) is -0.940. The number of alkyl halides is 2. The summed E-state index contributed by atoms with van der Waals surface area (Å²) in [6.45, 7) is 4.82. The third kappa shape index (κ3) is 3.94. The van der Waals surface area contributed by atoms with Gasteiger partial charge in [-0.25, -0.2) is 17.6 Å². The van der Waals surface area contributed by atoms with Crippen molar-refractivity contribution in [3.8, 4) is 0 Å². The average molecular weight is 415 g/mol. The summed E-state index contributed by atoms with van der Waals surface area (Å²) >= 11 is 0. The monoisotopic (exact) mass is 415 g/mol. The van der Waals surface area contributed by atoms with Crippen LogP contribution in [0.5, 0.6) is 0 Å². The maximum absolute atomic E-state index is 14.8. The molecule has 2 radical (unpaired) electrons. The summed E-state index contributed by atoms with van der Waals surface area (Å²) in [7, 11) is 5.67. The lowest BCUT2D eigenvalue weighted by Crippen LogP contribution is -2.26. The molecule has 10 heteroatoms. The Morgan fingerprint density at radius 1 is 1.10 bits per heavy atom. The van der Waals surface area contributed by atoms with Crippen molar-refractivity contribution >= 4 is 41.5 Å². The second kappa shape index (κ2) is 8.68. The third-order valence-corrected chi connectivity index (χ3v) is 4.26. The predicted octanol–water partition coefficient (Wildman–Crippen LogP) is 4.09. The standard InChI is InChI=1S/C18H12BF4N5.C2H6/c1-9-25-26-18-24-17(16-13(21)3-2-4-14(16)28(9)18)27(8-15(22)23)12-6-10(19)5-11(20)7-12;1-2/h2-7,15H,8H2,1H3;1-2H3. The second-order valence-corrected chi connectivity index (χ2v) is 6.20. The highest BCUT2D eigenvalue weighted by atomic mass is 19.3. The Kier molecular flexibility index (Phi) is 6.24. The van der Waals surface area contributed by atoms with E-state index in [0.29, 0.717) is 11.3 Å². The van der Waals surface area contributed by atoms with Crippen LogP contribution in [0.4, 0.5) is 29.1 Å². The number of rotatable bonds is 4. The highest BCUT2D eigenvalue weighted by molar-refractivity contribution is 6.32. The quantitative estimate of drug-likeness (QED) is 0.372. The van der Waals surface area contributed by atoms with Gasteiger partial charge in [-0.15, -0.1) is 10.2 Å². The van der Waals surface area contributed by atoms with Gasteiger partial charge in [-0.1, -0.05) is 25.4 Å². The van der Waals surface area contributed by atoms with Crippen molar-refractivity contribution < 1.29 is 17.6 Å². The summed E-state index contributed by atoms with van der Waals surface area (Å²) < 4.78 is 56.9. The molecule has 0 N–H and O–H groups in total. The van der Waals surface area contributed by atoms with E-state index in [1.54, 1.807) is 13.0 Å².